The predicted octanol–water partition coefficient (Wildman–Crippen LogP) is 1.46. The average Bonchev–Trinajstić information content (AvgIpc) is 2.27. The molecule has 0 saturated carbocycles. The SMILES string of the molecule is C[C@@H](NS(=O)(=O)c1ccc(C(F)(F)F)cc1)C(=O)O. The van der Waals surface area contributed by atoms with Crippen molar-refractivity contribution in [3.05, 3.63) is 29.8 Å². The van der Waals surface area contributed by atoms with Gasteiger partial charge in [-0.3, -0.25) is 4.79 Å². The molecule has 9 heteroatoms. The Morgan fingerprint density at radius 3 is 2.11 bits per heavy atom. The van der Waals surface area contributed by atoms with Gasteiger partial charge in [-0.1, -0.05) is 0 Å². The lowest BCUT2D eigenvalue weighted by Crippen LogP contribution is -2.38. The first kappa shape index (κ1) is 15.4. The van der Waals surface area contributed by atoms with Gasteiger partial charge in [-0.15, -0.1) is 0 Å². The van der Waals surface area contributed by atoms with Crippen LogP contribution in [0.5, 0.6) is 0 Å². The first-order valence-electron chi connectivity index (χ1n) is 4.96. The van der Waals surface area contributed by atoms with Gasteiger partial charge in [-0.25, -0.2) is 8.42 Å². The van der Waals surface area contributed by atoms with Crippen LogP contribution < -0.4 is 4.72 Å². The van der Waals surface area contributed by atoms with Crippen LogP contribution in [0.2, 0.25) is 0 Å². The first-order chi connectivity index (χ1) is 8.54. The molecule has 0 amide bonds. The average molecular weight is 297 g/mol. The zero-order valence-electron chi connectivity index (χ0n) is 9.60. The lowest BCUT2D eigenvalue weighted by molar-refractivity contribution is -0.139. The second-order valence-electron chi connectivity index (χ2n) is 3.70. The number of sulfonamides is 1. The van der Waals surface area contributed by atoms with E-state index in [1.165, 1.54) is 0 Å². The molecule has 0 saturated heterocycles. The van der Waals surface area contributed by atoms with Crippen LogP contribution in [0.15, 0.2) is 29.2 Å². The van der Waals surface area contributed by atoms with Crippen LogP contribution in [-0.2, 0) is 21.0 Å². The molecule has 0 unspecified atom stereocenters. The van der Waals surface area contributed by atoms with Gasteiger partial charge in [-0.05, 0) is 31.2 Å². The maximum Gasteiger partial charge on any atom is 0.416 e. The molecule has 0 bridgehead atoms. The van der Waals surface area contributed by atoms with E-state index in [9.17, 15) is 26.4 Å². The van der Waals surface area contributed by atoms with Gasteiger partial charge in [0.2, 0.25) is 10.0 Å². The maximum atomic E-state index is 12.3. The number of hydrogen-bond donors (Lipinski definition) is 2. The van der Waals surface area contributed by atoms with Crippen LogP contribution in [0.4, 0.5) is 13.2 Å². The van der Waals surface area contributed by atoms with Crippen molar-refractivity contribution in [1.29, 1.82) is 0 Å². The third-order valence-corrected chi connectivity index (χ3v) is 3.75. The number of rotatable bonds is 4. The predicted molar refractivity (Wildman–Crippen MR) is 58.9 cm³/mol. The van der Waals surface area contributed by atoms with E-state index in [0.29, 0.717) is 12.1 Å². The molecule has 1 rings (SSSR count). The van der Waals surface area contributed by atoms with E-state index in [2.05, 4.69) is 0 Å². The third-order valence-electron chi connectivity index (χ3n) is 2.19. The summed E-state index contributed by atoms with van der Waals surface area (Å²) in [6.07, 6.45) is -4.57. The minimum atomic E-state index is -4.57. The normalized spacial score (nSPS) is 14.1. The topological polar surface area (TPSA) is 83.5 Å². The Bertz CT molecular complexity index is 565. The van der Waals surface area contributed by atoms with Crippen molar-refractivity contribution in [2.45, 2.75) is 24.0 Å². The van der Waals surface area contributed by atoms with Crippen molar-refractivity contribution in [1.82, 2.24) is 4.72 Å². The summed E-state index contributed by atoms with van der Waals surface area (Å²) in [7, 11) is -4.16. The summed E-state index contributed by atoms with van der Waals surface area (Å²) in [6.45, 7) is 1.10. The standard InChI is InChI=1S/C10H10F3NO4S/c1-6(9(15)16)14-19(17,18)8-4-2-7(3-5-8)10(11,12)13/h2-6,14H,1H3,(H,15,16)/t6-/m1/s1. The molecule has 0 aliphatic carbocycles. The fraction of sp³-hybridized carbons (Fsp3) is 0.300. The molecule has 0 aromatic heterocycles. The van der Waals surface area contributed by atoms with Gasteiger partial charge >= 0.3 is 12.1 Å². The first-order valence-corrected chi connectivity index (χ1v) is 6.45. The number of hydrogen-bond acceptors (Lipinski definition) is 3. The molecule has 0 radical (unpaired) electrons. The molecule has 1 aromatic rings. The van der Waals surface area contributed by atoms with Gasteiger partial charge in [0.1, 0.15) is 6.04 Å². The van der Waals surface area contributed by atoms with E-state index in [-0.39, 0.29) is 0 Å². The van der Waals surface area contributed by atoms with E-state index in [1.54, 1.807) is 0 Å². The summed E-state index contributed by atoms with van der Waals surface area (Å²) in [5, 5.41) is 8.57. The molecule has 19 heavy (non-hydrogen) atoms. The van der Waals surface area contributed by atoms with Crippen LogP contribution in [0, 0.1) is 0 Å². The molecule has 2 N–H and O–H groups in total. The summed E-state index contributed by atoms with van der Waals surface area (Å²) >= 11 is 0. The Balaban J connectivity index is 3.01. The molecule has 5 nitrogen and oxygen atoms in total. The van der Waals surface area contributed by atoms with E-state index in [0.717, 1.165) is 19.1 Å². The Morgan fingerprint density at radius 2 is 1.74 bits per heavy atom. The van der Waals surface area contributed by atoms with Crippen molar-refractivity contribution in [2.75, 3.05) is 0 Å². The number of benzene rings is 1. The minimum Gasteiger partial charge on any atom is -0.480 e. The minimum absolute atomic E-state index is 0.436. The zero-order chi connectivity index (χ0) is 14.8. The molecule has 0 aliphatic heterocycles. The summed E-state index contributed by atoms with van der Waals surface area (Å²) in [5.41, 5.74) is -0.988. The highest BCUT2D eigenvalue weighted by Crippen LogP contribution is 2.29. The summed E-state index contributed by atoms with van der Waals surface area (Å²) in [4.78, 5) is 10.1. The Hall–Kier alpha value is -1.61. The Morgan fingerprint density at radius 1 is 1.26 bits per heavy atom. The van der Waals surface area contributed by atoms with Gasteiger partial charge in [-0.2, -0.15) is 17.9 Å². The molecular formula is C10H10F3NO4S. The van der Waals surface area contributed by atoms with Crippen LogP contribution in [0.1, 0.15) is 12.5 Å². The monoisotopic (exact) mass is 297 g/mol. The van der Waals surface area contributed by atoms with Crippen LogP contribution in [-0.4, -0.2) is 25.5 Å². The largest absolute Gasteiger partial charge is 0.480 e. The zero-order valence-corrected chi connectivity index (χ0v) is 10.4. The lowest BCUT2D eigenvalue weighted by Gasteiger charge is -2.11. The fourth-order valence-electron chi connectivity index (χ4n) is 1.17. The van der Waals surface area contributed by atoms with Gasteiger partial charge in [0, 0.05) is 0 Å². The molecule has 1 aromatic carbocycles. The van der Waals surface area contributed by atoms with E-state index >= 15 is 0 Å². The van der Waals surface area contributed by atoms with Gasteiger partial charge in [0.15, 0.2) is 0 Å². The lowest BCUT2D eigenvalue weighted by atomic mass is 10.2. The number of nitrogens with one attached hydrogen (secondary N) is 1. The van der Waals surface area contributed by atoms with Crippen molar-refractivity contribution in [3.8, 4) is 0 Å². The van der Waals surface area contributed by atoms with Crippen molar-refractivity contribution in [2.24, 2.45) is 0 Å². The van der Waals surface area contributed by atoms with E-state index in [4.69, 9.17) is 5.11 Å². The number of alkyl halides is 3. The molecule has 106 valence electrons. The number of halogens is 3. The number of carbonyl (C=O) groups is 1. The summed E-state index contributed by atoms with van der Waals surface area (Å²) in [5.74, 6) is -1.39. The van der Waals surface area contributed by atoms with E-state index in [1.807, 2.05) is 4.72 Å². The molecule has 0 fully saturated rings. The number of carboxylic acids is 1. The fourth-order valence-corrected chi connectivity index (χ4v) is 2.37. The van der Waals surface area contributed by atoms with Gasteiger partial charge < -0.3 is 5.11 Å². The van der Waals surface area contributed by atoms with Crippen molar-refractivity contribution < 1.29 is 31.5 Å². The highest BCUT2D eigenvalue weighted by atomic mass is 32.2. The summed E-state index contributed by atoms with van der Waals surface area (Å²) < 4.78 is 62.0. The van der Waals surface area contributed by atoms with Gasteiger partial charge in [0.25, 0.3) is 0 Å². The Kier molecular flexibility index (Phi) is 4.21. The second kappa shape index (κ2) is 5.17. The molecular weight excluding hydrogens is 287 g/mol. The maximum absolute atomic E-state index is 12.3. The van der Waals surface area contributed by atoms with Gasteiger partial charge in [0.05, 0.1) is 10.5 Å². The Labute approximate surface area is 107 Å². The molecule has 0 aliphatic rings. The smallest absolute Gasteiger partial charge is 0.416 e. The van der Waals surface area contributed by atoms with Crippen molar-refractivity contribution >= 4 is 16.0 Å². The van der Waals surface area contributed by atoms with Crippen LogP contribution >= 0.6 is 0 Å². The molecule has 1 atom stereocenters. The summed E-state index contributed by atoms with van der Waals surface area (Å²) in [6, 6.07) is 1.37. The van der Waals surface area contributed by atoms with Crippen LogP contribution in [0.3, 0.4) is 0 Å². The highest BCUT2D eigenvalue weighted by Gasteiger charge is 2.31. The van der Waals surface area contributed by atoms with Crippen LogP contribution in [0.25, 0.3) is 0 Å². The second-order valence-corrected chi connectivity index (χ2v) is 5.42. The molecule has 0 heterocycles. The third kappa shape index (κ3) is 3.93. The van der Waals surface area contributed by atoms with Crippen molar-refractivity contribution in [3.63, 3.8) is 0 Å². The number of aliphatic carboxylic acids is 1. The number of carboxylic acid groups (broad SMARTS) is 1. The van der Waals surface area contributed by atoms with E-state index < -0.39 is 38.7 Å². The quantitative estimate of drug-likeness (QED) is 0.881. The molecule has 0 spiro atoms. The highest BCUT2D eigenvalue weighted by molar-refractivity contribution is 7.89.